The van der Waals surface area contributed by atoms with Gasteiger partial charge in [0.25, 0.3) is 10.1 Å². The van der Waals surface area contributed by atoms with E-state index in [1.165, 1.54) is 0 Å². The average Bonchev–Trinajstić information content (AvgIpc) is 2.16. The van der Waals surface area contributed by atoms with Crippen LogP contribution in [-0.2, 0) is 14.3 Å². The molecule has 14 heavy (non-hydrogen) atoms. The number of rotatable bonds is 8. The maximum atomic E-state index is 11.9. The molecule has 0 spiro atoms. The van der Waals surface area contributed by atoms with E-state index >= 15 is 0 Å². The van der Waals surface area contributed by atoms with Gasteiger partial charge < -0.3 is 0 Å². The first-order valence-electron chi connectivity index (χ1n) is 5.02. The normalized spacial score (nSPS) is 14.2. The van der Waals surface area contributed by atoms with Crippen LogP contribution in [0.15, 0.2) is 0 Å². The highest BCUT2D eigenvalue weighted by Crippen LogP contribution is 2.13. The molecule has 0 rings (SSSR count). The van der Waals surface area contributed by atoms with Gasteiger partial charge in [0.05, 0.1) is 6.10 Å². The second kappa shape index (κ2) is 7.17. The summed E-state index contributed by atoms with van der Waals surface area (Å²) in [5.41, 5.74) is 0. The summed E-state index contributed by atoms with van der Waals surface area (Å²) in [5.74, 6) is 0. The maximum Gasteiger partial charge on any atom is 0.297 e. The molecule has 0 aliphatic rings. The van der Waals surface area contributed by atoms with E-state index in [0.717, 1.165) is 19.3 Å². The first-order valence-corrected chi connectivity index (χ1v) is 6.60. The Labute approximate surface area is 85.8 Å². The third kappa shape index (κ3) is 6.32. The van der Waals surface area contributed by atoms with Crippen molar-refractivity contribution in [3.05, 3.63) is 0 Å². The van der Waals surface area contributed by atoms with Gasteiger partial charge in [-0.3, -0.25) is 4.18 Å². The Morgan fingerprint density at radius 2 is 1.93 bits per heavy atom. The molecule has 0 radical (unpaired) electrons. The van der Waals surface area contributed by atoms with Crippen LogP contribution in [0, 0.1) is 0 Å². The Bertz CT molecular complexity index is 226. The molecule has 0 aliphatic carbocycles. The first-order chi connectivity index (χ1) is 6.55. The van der Waals surface area contributed by atoms with Crippen LogP contribution in [0.25, 0.3) is 0 Å². The highest BCUT2D eigenvalue weighted by atomic mass is 32.2. The van der Waals surface area contributed by atoms with E-state index in [9.17, 15) is 12.8 Å². The topological polar surface area (TPSA) is 43.4 Å². The molecular formula is C9H19FO3S. The van der Waals surface area contributed by atoms with Crippen LogP contribution in [0.5, 0.6) is 0 Å². The Balaban J connectivity index is 3.91. The largest absolute Gasteiger partial charge is 0.297 e. The summed E-state index contributed by atoms with van der Waals surface area (Å²) < 4.78 is 38.2. The van der Waals surface area contributed by atoms with Gasteiger partial charge in [-0.25, -0.2) is 4.39 Å². The fourth-order valence-electron chi connectivity index (χ4n) is 1.18. The third-order valence-electron chi connectivity index (χ3n) is 2.00. The predicted molar refractivity (Wildman–Crippen MR) is 54.2 cm³/mol. The van der Waals surface area contributed by atoms with Crippen molar-refractivity contribution in [2.45, 2.75) is 52.1 Å². The molecule has 0 heterocycles. The summed E-state index contributed by atoms with van der Waals surface area (Å²) in [6.07, 6.45) is 3.98. The van der Waals surface area contributed by atoms with Crippen molar-refractivity contribution in [3.63, 3.8) is 0 Å². The molecule has 0 saturated carbocycles. The van der Waals surface area contributed by atoms with Crippen molar-refractivity contribution < 1.29 is 17.0 Å². The van der Waals surface area contributed by atoms with Crippen molar-refractivity contribution in [3.8, 4) is 0 Å². The van der Waals surface area contributed by atoms with Crippen LogP contribution in [0.4, 0.5) is 4.39 Å². The summed E-state index contributed by atoms with van der Waals surface area (Å²) in [6.45, 7) is 3.91. The number of alkyl halides is 1. The molecule has 0 aromatic heterocycles. The Kier molecular flexibility index (Phi) is 7.09. The minimum Gasteiger partial charge on any atom is -0.265 e. The van der Waals surface area contributed by atoms with Crippen molar-refractivity contribution in [2.75, 3.05) is 6.01 Å². The van der Waals surface area contributed by atoms with Gasteiger partial charge in [-0.05, 0) is 12.8 Å². The van der Waals surface area contributed by atoms with Crippen LogP contribution in [-0.4, -0.2) is 20.5 Å². The monoisotopic (exact) mass is 226 g/mol. The Morgan fingerprint density at radius 1 is 1.29 bits per heavy atom. The highest BCUT2D eigenvalue weighted by molar-refractivity contribution is 7.86. The maximum absolute atomic E-state index is 11.9. The van der Waals surface area contributed by atoms with Crippen LogP contribution in [0.3, 0.4) is 0 Å². The molecule has 0 amide bonds. The zero-order chi connectivity index (χ0) is 11.0. The first kappa shape index (κ1) is 13.8. The van der Waals surface area contributed by atoms with E-state index in [1.807, 2.05) is 6.92 Å². The zero-order valence-corrected chi connectivity index (χ0v) is 9.65. The fourth-order valence-corrected chi connectivity index (χ4v) is 1.87. The van der Waals surface area contributed by atoms with Gasteiger partial charge >= 0.3 is 0 Å². The highest BCUT2D eigenvalue weighted by Gasteiger charge is 2.17. The summed E-state index contributed by atoms with van der Waals surface area (Å²) in [6, 6.07) is -1.43. The molecule has 0 N–H and O–H groups in total. The van der Waals surface area contributed by atoms with Crippen LogP contribution in [0.1, 0.15) is 46.0 Å². The molecular weight excluding hydrogens is 207 g/mol. The van der Waals surface area contributed by atoms with E-state index < -0.39 is 16.1 Å². The molecule has 1 atom stereocenters. The molecule has 0 saturated heterocycles. The van der Waals surface area contributed by atoms with Gasteiger partial charge in [0, 0.05) is 0 Å². The van der Waals surface area contributed by atoms with Crippen LogP contribution >= 0.6 is 0 Å². The van der Waals surface area contributed by atoms with E-state index in [1.54, 1.807) is 0 Å². The van der Waals surface area contributed by atoms with Gasteiger partial charge in [0.1, 0.15) is 0 Å². The van der Waals surface area contributed by atoms with E-state index in [2.05, 4.69) is 11.1 Å². The summed E-state index contributed by atoms with van der Waals surface area (Å²) in [4.78, 5) is 0. The Morgan fingerprint density at radius 3 is 2.36 bits per heavy atom. The zero-order valence-electron chi connectivity index (χ0n) is 8.83. The lowest BCUT2D eigenvalue weighted by Gasteiger charge is -2.13. The third-order valence-corrected chi connectivity index (χ3v) is 2.83. The van der Waals surface area contributed by atoms with Gasteiger partial charge in [-0.2, -0.15) is 8.42 Å². The molecule has 86 valence electrons. The molecule has 0 fully saturated rings. The van der Waals surface area contributed by atoms with Gasteiger partial charge in [0.15, 0.2) is 0 Å². The molecule has 0 bridgehead atoms. The summed E-state index contributed by atoms with van der Waals surface area (Å²) in [5, 5.41) is 0. The minimum absolute atomic E-state index is 0.359. The predicted octanol–water partition coefficient (Wildman–Crippen LogP) is 2.62. The lowest BCUT2D eigenvalue weighted by atomic mass is 10.1. The van der Waals surface area contributed by atoms with Crippen molar-refractivity contribution in [1.82, 2.24) is 0 Å². The van der Waals surface area contributed by atoms with Gasteiger partial charge in [-0.1, -0.05) is 33.1 Å². The fraction of sp³-hybridized carbons (Fsp3) is 1.00. The van der Waals surface area contributed by atoms with Crippen LogP contribution in [0.2, 0.25) is 0 Å². The van der Waals surface area contributed by atoms with E-state index in [4.69, 9.17) is 0 Å². The molecule has 5 heteroatoms. The number of halogens is 1. The number of hydrogen-bond acceptors (Lipinski definition) is 3. The number of unbranched alkanes of at least 4 members (excludes halogenated alkanes) is 2. The van der Waals surface area contributed by atoms with Gasteiger partial charge in [0.2, 0.25) is 6.01 Å². The molecule has 3 nitrogen and oxygen atoms in total. The quantitative estimate of drug-likeness (QED) is 0.472. The second-order valence-electron chi connectivity index (χ2n) is 3.29. The molecule has 0 aromatic carbocycles. The minimum atomic E-state index is -3.93. The van der Waals surface area contributed by atoms with Crippen molar-refractivity contribution in [2.24, 2.45) is 0 Å². The lowest BCUT2D eigenvalue weighted by molar-refractivity contribution is 0.186. The average molecular weight is 226 g/mol. The smallest absolute Gasteiger partial charge is 0.265 e. The number of hydrogen-bond donors (Lipinski definition) is 0. The standard InChI is InChI=1S/C9H19FO3S/c1-3-5-6-7-9(4-2)13-14(11,12)8-10/h9H,3-8H2,1-2H3/t9-/m1/s1. The van der Waals surface area contributed by atoms with Crippen molar-refractivity contribution >= 4 is 10.1 Å². The Hall–Kier alpha value is -0.160. The van der Waals surface area contributed by atoms with E-state index in [0.29, 0.717) is 12.8 Å². The van der Waals surface area contributed by atoms with Crippen molar-refractivity contribution in [1.29, 1.82) is 0 Å². The molecule has 0 aromatic rings. The summed E-state index contributed by atoms with van der Waals surface area (Å²) >= 11 is 0. The molecule has 0 unspecified atom stereocenters. The van der Waals surface area contributed by atoms with Crippen LogP contribution < -0.4 is 0 Å². The second-order valence-corrected chi connectivity index (χ2v) is 4.82. The van der Waals surface area contributed by atoms with E-state index in [-0.39, 0.29) is 6.10 Å². The molecule has 0 aliphatic heterocycles. The lowest BCUT2D eigenvalue weighted by Crippen LogP contribution is -2.18. The summed E-state index contributed by atoms with van der Waals surface area (Å²) in [7, 11) is -3.93. The van der Waals surface area contributed by atoms with Gasteiger partial charge in [-0.15, -0.1) is 0 Å². The SMILES string of the molecule is CCCCC[C@@H](CC)OS(=O)(=O)CF.